The minimum Gasteiger partial charge on any atom is -0.463 e. The predicted molar refractivity (Wildman–Crippen MR) is 84.8 cm³/mol. The van der Waals surface area contributed by atoms with Crippen molar-refractivity contribution in [3.63, 3.8) is 0 Å². The van der Waals surface area contributed by atoms with Crippen molar-refractivity contribution in [3.8, 4) is 0 Å². The van der Waals surface area contributed by atoms with Crippen LogP contribution in [0.15, 0.2) is 22.7 Å². The summed E-state index contributed by atoms with van der Waals surface area (Å²) >= 11 is 0. The predicted octanol–water partition coefficient (Wildman–Crippen LogP) is 1.86. The number of hydrogen-bond acceptors (Lipinski definition) is 5. The Morgan fingerprint density at radius 2 is 2.22 bits per heavy atom. The van der Waals surface area contributed by atoms with Crippen molar-refractivity contribution in [1.82, 2.24) is 20.3 Å². The second-order valence-corrected chi connectivity index (χ2v) is 6.42. The lowest BCUT2D eigenvalue weighted by atomic mass is 10.0. The lowest BCUT2D eigenvalue weighted by molar-refractivity contribution is 0.0322. The molecule has 0 aromatic carbocycles. The Balaban J connectivity index is 1.91. The second kappa shape index (κ2) is 6.95. The van der Waals surface area contributed by atoms with Crippen molar-refractivity contribution in [2.75, 3.05) is 6.54 Å². The van der Waals surface area contributed by atoms with Crippen molar-refractivity contribution >= 4 is 5.91 Å². The first-order valence-corrected chi connectivity index (χ1v) is 7.75. The van der Waals surface area contributed by atoms with E-state index >= 15 is 0 Å². The number of nitrogens with zero attached hydrogens (tertiary/aromatic N) is 3. The Morgan fingerprint density at radius 1 is 1.48 bits per heavy atom. The average molecular weight is 320 g/mol. The molecule has 2 heterocycles. The highest BCUT2D eigenvalue weighted by Gasteiger charge is 2.28. The molecule has 1 amide bonds. The zero-order valence-corrected chi connectivity index (χ0v) is 14.0. The highest BCUT2D eigenvalue weighted by molar-refractivity contribution is 5.91. The SMILES string of the molecule is Cc1ccc(C(C)(O)CNC(=O)c2cn(CCC(C)C)nn2)o1. The summed E-state index contributed by atoms with van der Waals surface area (Å²) < 4.78 is 7.07. The maximum absolute atomic E-state index is 12.1. The molecule has 2 aromatic heterocycles. The molecule has 2 aromatic rings. The van der Waals surface area contributed by atoms with Gasteiger partial charge in [0.15, 0.2) is 5.69 Å². The van der Waals surface area contributed by atoms with Crippen molar-refractivity contribution in [1.29, 1.82) is 0 Å². The van der Waals surface area contributed by atoms with Gasteiger partial charge >= 0.3 is 0 Å². The molecule has 0 aliphatic rings. The molecule has 0 saturated heterocycles. The van der Waals surface area contributed by atoms with Crippen molar-refractivity contribution in [3.05, 3.63) is 35.5 Å². The zero-order valence-electron chi connectivity index (χ0n) is 14.0. The highest BCUT2D eigenvalue weighted by atomic mass is 16.4. The van der Waals surface area contributed by atoms with Gasteiger partial charge in [-0.3, -0.25) is 9.48 Å². The van der Waals surface area contributed by atoms with E-state index < -0.39 is 5.60 Å². The smallest absolute Gasteiger partial charge is 0.273 e. The van der Waals surface area contributed by atoms with Gasteiger partial charge in [-0.25, -0.2) is 0 Å². The van der Waals surface area contributed by atoms with Gasteiger partial charge in [-0.15, -0.1) is 5.10 Å². The maximum atomic E-state index is 12.1. The third-order valence-corrected chi connectivity index (χ3v) is 3.57. The Kier molecular flexibility index (Phi) is 5.20. The lowest BCUT2D eigenvalue weighted by Gasteiger charge is -2.20. The summed E-state index contributed by atoms with van der Waals surface area (Å²) in [6.07, 6.45) is 2.58. The van der Waals surface area contributed by atoms with Crippen LogP contribution in [0.2, 0.25) is 0 Å². The van der Waals surface area contributed by atoms with Crippen LogP contribution in [0.25, 0.3) is 0 Å². The Hall–Kier alpha value is -2.15. The van der Waals surface area contributed by atoms with Crippen LogP contribution in [-0.4, -0.2) is 32.6 Å². The van der Waals surface area contributed by atoms with E-state index in [4.69, 9.17) is 4.42 Å². The summed E-state index contributed by atoms with van der Waals surface area (Å²) in [5, 5.41) is 20.9. The van der Waals surface area contributed by atoms with Crippen LogP contribution in [-0.2, 0) is 12.1 Å². The molecule has 126 valence electrons. The fourth-order valence-corrected chi connectivity index (χ4v) is 2.06. The molecule has 2 N–H and O–H groups in total. The van der Waals surface area contributed by atoms with Crippen molar-refractivity contribution in [2.45, 2.75) is 46.3 Å². The quantitative estimate of drug-likeness (QED) is 0.812. The average Bonchev–Trinajstić information content (AvgIpc) is 3.12. The first kappa shape index (κ1) is 17.2. The van der Waals surface area contributed by atoms with Gasteiger partial charge in [0.1, 0.15) is 17.1 Å². The van der Waals surface area contributed by atoms with E-state index in [2.05, 4.69) is 29.5 Å². The fourth-order valence-electron chi connectivity index (χ4n) is 2.06. The number of furan rings is 1. The molecule has 2 rings (SSSR count). The van der Waals surface area contributed by atoms with E-state index in [1.54, 1.807) is 36.9 Å². The summed E-state index contributed by atoms with van der Waals surface area (Å²) in [5.41, 5.74) is -1.04. The molecule has 0 aliphatic carbocycles. The number of amides is 1. The van der Waals surface area contributed by atoms with E-state index in [1.165, 1.54) is 0 Å². The Labute approximate surface area is 135 Å². The number of aliphatic hydroxyl groups is 1. The summed E-state index contributed by atoms with van der Waals surface area (Å²) in [7, 11) is 0. The van der Waals surface area contributed by atoms with Gasteiger partial charge in [0.25, 0.3) is 5.91 Å². The Bertz CT molecular complexity index is 658. The van der Waals surface area contributed by atoms with Gasteiger partial charge in [0, 0.05) is 6.54 Å². The molecule has 0 spiro atoms. The number of hydrogen-bond donors (Lipinski definition) is 2. The topological polar surface area (TPSA) is 93.2 Å². The maximum Gasteiger partial charge on any atom is 0.273 e. The van der Waals surface area contributed by atoms with Gasteiger partial charge in [-0.05, 0) is 38.3 Å². The van der Waals surface area contributed by atoms with Gasteiger partial charge in [0.05, 0.1) is 12.7 Å². The minimum atomic E-state index is -1.28. The third kappa shape index (κ3) is 4.66. The van der Waals surface area contributed by atoms with Gasteiger partial charge in [-0.2, -0.15) is 0 Å². The molecule has 7 nitrogen and oxygen atoms in total. The molecule has 1 unspecified atom stereocenters. The molecule has 0 radical (unpaired) electrons. The zero-order chi connectivity index (χ0) is 17.0. The molecular weight excluding hydrogens is 296 g/mol. The molecule has 0 fully saturated rings. The lowest BCUT2D eigenvalue weighted by Crippen LogP contribution is -2.38. The molecule has 23 heavy (non-hydrogen) atoms. The number of rotatable bonds is 7. The van der Waals surface area contributed by atoms with Crippen molar-refractivity contribution < 1.29 is 14.3 Å². The van der Waals surface area contributed by atoms with Crippen LogP contribution in [0.3, 0.4) is 0 Å². The minimum absolute atomic E-state index is 0.0254. The fraction of sp³-hybridized carbons (Fsp3) is 0.562. The summed E-state index contributed by atoms with van der Waals surface area (Å²) in [6.45, 7) is 8.39. The van der Waals surface area contributed by atoms with E-state index in [0.717, 1.165) is 13.0 Å². The van der Waals surface area contributed by atoms with Crippen LogP contribution < -0.4 is 5.32 Å². The molecule has 0 bridgehead atoms. The monoisotopic (exact) mass is 320 g/mol. The van der Waals surface area contributed by atoms with Gasteiger partial charge < -0.3 is 14.8 Å². The number of aromatic nitrogens is 3. The van der Waals surface area contributed by atoms with Crippen LogP contribution in [0.1, 0.15) is 49.2 Å². The molecule has 0 saturated carbocycles. The van der Waals surface area contributed by atoms with E-state index in [-0.39, 0.29) is 18.1 Å². The molecule has 1 atom stereocenters. The first-order chi connectivity index (χ1) is 10.8. The third-order valence-electron chi connectivity index (χ3n) is 3.57. The van der Waals surface area contributed by atoms with Crippen LogP contribution in [0, 0.1) is 12.8 Å². The molecule has 0 aliphatic heterocycles. The number of nitrogens with one attached hydrogen (secondary N) is 1. The molecular formula is C16H24N4O3. The highest BCUT2D eigenvalue weighted by Crippen LogP contribution is 2.21. The second-order valence-electron chi connectivity index (χ2n) is 6.42. The van der Waals surface area contributed by atoms with E-state index in [0.29, 0.717) is 17.4 Å². The van der Waals surface area contributed by atoms with Gasteiger partial charge in [0.2, 0.25) is 0 Å². The van der Waals surface area contributed by atoms with E-state index in [1.807, 2.05) is 0 Å². The number of aryl methyl sites for hydroxylation is 2. The van der Waals surface area contributed by atoms with E-state index in [9.17, 15) is 9.90 Å². The van der Waals surface area contributed by atoms with Crippen LogP contribution >= 0.6 is 0 Å². The van der Waals surface area contributed by atoms with Crippen molar-refractivity contribution in [2.24, 2.45) is 5.92 Å². The van der Waals surface area contributed by atoms with Crippen LogP contribution in [0.5, 0.6) is 0 Å². The Morgan fingerprint density at radius 3 is 2.83 bits per heavy atom. The van der Waals surface area contributed by atoms with Crippen LogP contribution in [0.4, 0.5) is 0 Å². The summed E-state index contributed by atoms with van der Waals surface area (Å²) in [6, 6.07) is 3.47. The normalized spacial score (nSPS) is 14.0. The largest absolute Gasteiger partial charge is 0.463 e. The number of carbonyl (C=O) groups excluding carboxylic acids is 1. The first-order valence-electron chi connectivity index (χ1n) is 7.75. The molecule has 7 heteroatoms. The van der Waals surface area contributed by atoms with Gasteiger partial charge in [-0.1, -0.05) is 19.1 Å². The number of carbonyl (C=O) groups is 1. The standard InChI is InChI=1S/C16H24N4O3/c1-11(2)7-8-20-9-13(18-19-20)15(21)17-10-16(4,22)14-6-5-12(3)23-14/h5-6,9,11,22H,7-8,10H2,1-4H3,(H,17,21). The summed E-state index contributed by atoms with van der Waals surface area (Å²) in [5.74, 6) is 1.31. The summed E-state index contributed by atoms with van der Waals surface area (Å²) in [4.78, 5) is 12.1.